The number of likely N-dealkylation sites (tertiary alicyclic amines) is 1. The molecule has 0 spiro atoms. The number of pyridine rings is 1. The van der Waals surface area contributed by atoms with E-state index >= 15 is 0 Å². The summed E-state index contributed by atoms with van der Waals surface area (Å²) in [6.45, 7) is 9.55. The maximum Gasteiger partial charge on any atom is 0.254 e. The third kappa shape index (κ3) is 3.87. The lowest BCUT2D eigenvalue weighted by Crippen LogP contribution is -2.41. The van der Waals surface area contributed by atoms with Crippen LogP contribution in [0.4, 0.5) is 0 Å². The van der Waals surface area contributed by atoms with Gasteiger partial charge in [-0.25, -0.2) is 9.67 Å². The van der Waals surface area contributed by atoms with Crippen LogP contribution in [0.15, 0.2) is 6.07 Å². The van der Waals surface area contributed by atoms with Crippen LogP contribution in [0.3, 0.4) is 0 Å². The molecule has 1 atom stereocenters. The van der Waals surface area contributed by atoms with Crippen molar-refractivity contribution in [2.45, 2.75) is 71.3 Å². The highest BCUT2D eigenvalue weighted by molar-refractivity contribution is 6.06. The normalized spacial score (nSPS) is 20.3. The average molecular weight is 398 g/mol. The molecule has 0 bridgehead atoms. The van der Waals surface area contributed by atoms with Gasteiger partial charge in [-0.2, -0.15) is 5.10 Å². The van der Waals surface area contributed by atoms with E-state index in [1.54, 1.807) is 0 Å². The van der Waals surface area contributed by atoms with Gasteiger partial charge in [0.25, 0.3) is 5.91 Å². The van der Waals surface area contributed by atoms with Crippen LogP contribution in [-0.2, 0) is 10.3 Å². The summed E-state index contributed by atoms with van der Waals surface area (Å²) < 4.78 is 1.95. The zero-order valence-electron chi connectivity index (χ0n) is 17.9. The number of fused-ring (bicyclic) bond motifs is 1. The fourth-order valence-corrected chi connectivity index (χ4v) is 4.40. The largest absolute Gasteiger partial charge is 0.370 e. The molecule has 2 aromatic heterocycles. The molecule has 2 amide bonds. The number of carbonyl (C=O) groups is 2. The number of piperidine rings is 1. The number of hydrogen-bond acceptors (Lipinski definition) is 4. The van der Waals surface area contributed by atoms with E-state index in [1.807, 2.05) is 22.6 Å². The van der Waals surface area contributed by atoms with Crippen molar-refractivity contribution < 1.29 is 9.59 Å². The summed E-state index contributed by atoms with van der Waals surface area (Å²) >= 11 is 0. The van der Waals surface area contributed by atoms with Gasteiger partial charge in [-0.3, -0.25) is 9.59 Å². The molecule has 2 N–H and O–H groups in total. The second-order valence-electron chi connectivity index (χ2n) is 9.67. The van der Waals surface area contributed by atoms with Crippen molar-refractivity contribution in [1.29, 1.82) is 0 Å². The summed E-state index contributed by atoms with van der Waals surface area (Å²) in [6, 6.07) is 1.99. The molecular weight excluding hydrogens is 366 g/mol. The Morgan fingerprint density at radius 1 is 1.24 bits per heavy atom. The van der Waals surface area contributed by atoms with Crippen molar-refractivity contribution >= 4 is 22.8 Å². The Morgan fingerprint density at radius 2 is 1.97 bits per heavy atom. The molecule has 1 unspecified atom stereocenters. The van der Waals surface area contributed by atoms with Gasteiger partial charge in [0.05, 0.1) is 22.2 Å². The summed E-state index contributed by atoms with van der Waals surface area (Å²) in [5, 5.41) is 5.60. The predicted octanol–water partition coefficient (Wildman–Crippen LogP) is 3.10. The molecule has 7 heteroatoms. The van der Waals surface area contributed by atoms with E-state index in [4.69, 9.17) is 15.8 Å². The number of aromatic nitrogens is 3. The number of amides is 2. The Morgan fingerprint density at radius 3 is 2.59 bits per heavy atom. The highest BCUT2D eigenvalue weighted by atomic mass is 16.2. The quantitative estimate of drug-likeness (QED) is 0.858. The van der Waals surface area contributed by atoms with E-state index in [1.165, 1.54) is 0 Å². The predicted molar refractivity (Wildman–Crippen MR) is 112 cm³/mol. The van der Waals surface area contributed by atoms with E-state index in [9.17, 15) is 9.59 Å². The minimum absolute atomic E-state index is 0.0185. The van der Waals surface area contributed by atoms with E-state index < -0.39 is 0 Å². The molecule has 7 nitrogen and oxygen atoms in total. The summed E-state index contributed by atoms with van der Waals surface area (Å²) in [5.41, 5.74) is 8.50. The van der Waals surface area contributed by atoms with Gasteiger partial charge in [0.2, 0.25) is 5.91 Å². The van der Waals surface area contributed by atoms with Crippen molar-refractivity contribution in [3.63, 3.8) is 0 Å². The number of nitrogens with two attached hydrogens (primary N) is 1. The van der Waals surface area contributed by atoms with Crippen molar-refractivity contribution in [2.24, 2.45) is 11.7 Å². The monoisotopic (exact) mass is 397 g/mol. The fourth-order valence-electron chi connectivity index (χ4n) is 4.40. The Balaban J connectivity index is 1.77. The first-order chi connectivity index (χ1) is 13.6. The molecule has 156 valence electrons. The third-order valence-electron chi connectivity index (χ3n) is 5.99. The summed E-state index contributed by atoms with van der Waals surface area (Å²) in [7, 11) is 0. The fraction of sp³-hybridized carbons (Fsp3) is 0.636. The lowest BCUT2D eigenvalue weighted by Gasteiger charge is -2.32. The van der Waals surface area contributed by atoms with E-state index in [0.717, 1.165) is 48.1 Å². The molecule has 2 fully saturated rings. The Kier molecular flexibility index (Phi) is 4.87. The zero-order chi connectivity index (χ0) is 20.9. The molecule has 3 heterocycles. The minimum Gasteiger partial charge on any atom is -0.370 e. The standard InChI is InChI=1S/C22H31N5O2/c1-13-19-16(21(29)26-9-5-6-14(12-26)10-18(23)28)11-17(15-7-8-15)24-20(19)27(25-13)22(2,3)4/h11,14-15H,5-10,12H2,1-4H3,(H2,23,28). The number of primary amides is 1. The van der Waals surface area contributed by atoms with Gasteiger partial charge in [0.1, 0.15) is 0 Å². The number of nitrogens with zero attached hydrogens (tertiary/aromatic N) is 4. The van der Waals surface area contributed by atoms with Gasteiger partial charge in [0.15, 0.2) is 5.65 Å². The van der Waals surface area contributed by atoms with Crippen LogP contribution in [0.5, 0.6) is 0 Å². The van der Waals surface area contributed by atoms with Crippen LogP contribution < -0.4 is 5.73 Å². The smallest absolute Gasteiger partial charge is 0.254 e. The lowest BCUT2D eigenvalue weighted by molar-refractivity contribution is -0.119. The molecule has 1 saturated carbocycles. The topological polar surface area (TPSA) is 94.1 Å². The van der Waals surface area contributed by atoms with Crippen molar-refractivity contribution in [3.05, 3.63) is 23.0 Å². The first-order valence-corrected chi connectivity index (χ1v) is 10.6. The Bertz CT molecular complexity index is 968. The Hall–Kier alpha value is -2.44. The van der Waals surface area contributed by atoms with E-state index in [0.29, 0.717) is 31.0 Å². The van der Waals surface area contributed by atoms with Gasteiger partial charge in [-0.05, 0) is 65.4 Å². The average Bonchev–Trinajstić information content (AvgIpc) is 3.43. The molecule has 0 aromatic carbocycles. The molecule has 0 radical (unpaired) electrons. The van der Waals surface area contributed by atoms with Crippen LogP contribution in [0, 0.1) is 12.8 Å². The van der Waals surface area contributed by atoms with Crippen molar-refractivity contribution in [2.75, 3.05) is 13.1 Å². The molecule has 4 rings (SSSR count). The highest BCUT2D eigenvalue weighted by Gasteiger charge is 2.32. The number of aryl methyl sites for hydroxylation is 1. The van der Waals surface area contributed by atoms with Gasteiger partial charge in [0, 0.05) is 31.1 Å². The Labute approximate surface area is 171 Å². The third-order valence-corrected chi connectivity index (χ3v) is 5.99. The molecule has 1 saturated heterocycles. The maximum atomic E-state index is 13.6. The highest BCUT2D eigenvalue weighted by Crippen LogP contribution is 2.41. The lowest BCUT2D eigenvalue weighted by atomic mass is 9.93. The summed E-state index contributed by atoms with van der Waals surface area (Å²) in [6.07, 6.45) is 4.42. The second kappa shape index (κ2) is 7.11. The molecular formula is C22H31N5O2. The van der Waals surface area contributed by atoms with Crippen molar-refractivity contribution in [3.8, 4) is 0 Å². The minimum atomic E-state index is -0.297. The van der Waals surface area contributed by atoms with Gasteiger partial charge in [-0.15, -0.1) is 0 Å². The van der Waals surface area contributed by atoms with Crippen LogP contribution in [0.1, 0.15) is 80.5 Å². The van der Waals surface area contributed by atoms with Crippen LogP contribution in [0.25, 0.3) is 11.0 Å². The second-order valence-corrected chi connectivity index (χ2v) is 9.67. The maximum absolute atomic E-state index is 13.6. The number of carbonyl (C=O) groups excluding carboxylic acids is 2. The van der Waals surface area contributed by atoms with Gasteiger partial charge >= 0.3 is 0 Å². The summed E-state index contributed by atoms with van der Waals surface area (Å²) in [5.74, 6) is 0.307. The van der Waals surface area contributed by atoms with E-state index in [-0.39, 0.29) is 23.3 Å². The van der Waals surface area contributed by atoms with E-state index in [2.05, 4.69) is 20.8 Å². The van der Waals surface area contributed by atoms with Crippen LogP contribution >= 0.6 is 0 Å². The summed E-state index contributed by atoms with van der Waals surface area (Å²) in [4.78, 5) is 31.8. The van der Waals surface area contributed by atoms with Crippen LogP contribution in [-0.4, -0.2) is 44.6 Å². The van der Waals surface area contributed by atoms with Gasteiger partial charge < -0.3 is 10.6 Å². The van der Waals surface area contributed by atoms with Gasteiger partial charge in [-0.1, -0.05) is 0 Å². The number of hydrogen-bond donors (Lipinski definition) is 1. The number of rotatable bonds is 4. The SMILES string of the molecule is Cc1nn(C(C)(C)C)c2nc(C3CC3)cc(C(=O)N3CCCC(CC(N)=O)C3)c12. The first-order valence-electron chi connectivity index (χ1n) is 10.6. The van der Waals surface area contributed by atoms with Crippen molar-refractivity contribution in [1.82, 2.24) is 19.7 Å². The molecule has 29 heavy (non-hydrogen) atoms. The first kappa shape index (κ1) is 19.9. The molecule has 2 aliphatic rings. The zero-order valence-corrected chi connectivity index (χ0v) is 17.9. The van der Waals surface area contributed by atoms with Crippen LogP contribution in [0.2, 0.25) is 0 Å². The molecule has 1 aliphatic heterocycles. The molecule has 1 aliphatic carbocycles. The molecule has 2 aromatic rings.